The Labute approximate surface area is 99.4 Å². The van der Waals surface area contributed by atoms with Gasteiger partial charge in [0.25, 0.3) is 0 Å². The number of carbonyl (C=O) groups is 1. The zero-order valence-electron chi connectivity index (χ0n) is 10.9. The molecule has 0 aromatic heterocycles. The topological polar surface area (TPSA) is 41.1 Å². The van der Waals surface area contributed by atoms with Crippen molar-refractivity contribution in [3.63, 3.8) is 0 Å². The number of amides is 1. The molecule has 0 aromatic carbocycles. The van der Waals surface area contributed by atoms with Gasteiger partial charge in [-0.3, -0.25) is 4.79 Å². The summed E-state index contributed by atoms with van der Waals surface area (Å²) >= 11 is 0. The van der Waals surface area contributed by atoms with Gasteiger partial charge in [0, 0.05) is 12.6 Å². The van der Waals surface area contributed by atoms with Crippen molar-refractivity contribution in [2.45, 2.75) is 58.9 Å². The van der Waals surface area contributed by atoms with Crippen molar-refractivity contribution >= 4 is 5.91 Å². The Morgan fingerprint density at radius 1 is 1.38 bits per heavy atom. The molecule has 1 amide bonds. The predicted molar refractivity (Wildman–Crippen MR) is 67.3 cm³/mol. The van der Waals surface area contributed by atoms with Crippen LogP contribution >= 0.6 is 0 Å². The van der Waals surface area contributed by atoms with Crippen molar-refractivity contribution in [1.82, 2.24) is 10.6 Å². The predicted octanol–water partition coefficient (Wildman–Crippen LogP) is 2.07. The molecule has 1 aliphatic carbocycles. The number of hydrogen-bond donors (Lipinski definition) is 2. The van der Waals surface area contributed by atoms with Crippen molar-refractivity contribution in [3.8, 4) is 0 Å². The molecule has 0 spiro atoms. The fraction of sp³-hybridized carbons (Fsp3) is 0.923. The van der Waals surface area contributed by atoms with Crippen molar-refractivity contribution in [3.05, 3.63) is 0 Å². The van der Waals surface area contributed by atoms with Crippen LogP contribution in [0, 0.1) is 5.41 Å². The molecule has 1 saturated carbocycles. The van der Waals surface area contributed by atoms with E-state index in [2.05, 4.69) is 31.4 Å². The fourth-order valence-corrected chi connectivity index (χ4v) is 2.10. The van der Waals surface area contributed by atoms with Gasteiger partial charge >= 0.3 is 0 Å². The average Bonchev–Trinajstić information content (AvgIpc) is 2.99. The van der Waals surface area contributed by atoms with Crippen LogP contribution in [-0.4, -0.2) is 25.0 Å². The summed E-state index contributed by atoms with van der Waals surface area (Å²) in [5.41, 5.74) is 0.523. The minimum absolute atomic E-state index is 0.132. The second-order valence-corrected chi connectivity index (χ2v) is 5.21. The van der Waals surface area contributed by atoms with E-state index >= 15 is 0 Å². The van der Waals surface area contributed by atoms with Crippen LogP contribution in [0.1, 0.15) is 52.9 Å². The van der Waals surface area contributed by atoms with E-state index < -0.39 is 0 Å². The van der Waals surface area contributed by atoms with E-state index in [0.29, 0.717) is 18.0 Å². The van der Waals surface area contributed by atoms with Gasteiger partial charge in [0.2, 0.25) is 5.91 Å². The van der Waals surface area contributed by atoms with E-state index in [9.17, 15) is 4.79 Å². The van der Waals surface area contributed by atoms with Gasteiger partial charge in [-0.25, -0.2) is 0 Å². The van der Waals surface area contributed by atoms with E-state index in [1.807, 2.05) is 0 Å². The Morgan fingerprint density at radius 3 is 2.56 bits per heavy atom. The molecule has 1 fully saturated rings. The minimum atomic E-state index is 0.132. The van der Waals surface area contributed by atoms with Crippen LogP contribution in [0.15, 0.2) is 0 Å². The molecule has 1 atom stereocenters. The van der Waals surface area contributed by atoms with Crippen LogP contribution in [0.2, 0.25) is 0 Å². The van der Waals surface area contributed by atoms with Crippen molar-refractivity contribution in [1.29, 1.82) is 0 Å². The van der Waals surface area contributed by atoms with Crippen LogP contribution in [0.3, 0.4) is 0 Å². The lowest BCUT2D eigenvalue weighted by Gasteiger charge is -2.15. The number of rotatable bonds is 8. The van der Waals surface area contributed by atoms with Gasteiger partial charge < -0.3 is 10.6 Å². The number of hydrogen-bond acceptors (Lipinski definition) is 2. The summed E-state index contributed by atoms with van der Waals surface area (Å²) < 4.78 is 0. The molecule has 94 valence electrons. The average molecular weight is 226 g/mol. The molecule has 16 heavy (non-hydrogen) atoms. The third-order valence-corrected chi connectivity index (χ3v) is 3.62. The third kappa shape index (κ3) is 4.52. The molecular formula is C13H26N2O. The van der Waals surface area contributed by atoms with E-state index in [4.69, 9.17) is 0 Å². The first-order valence-corrected chi connectivity index (χ1v) is 6.62. The van der Waals surface area contributed by atoms with E-state index in [-0.39, 0.29) is 5.91 Å². The van der Waals surface area contributed by atoms with Crippen molar-refractivity contribution in [2.24, 2.45) is 5.41 Å². The summed E-state index contributed by atoms with van der Waals surface area (Å²) in [5.74, 6) is 0.132. The van der Waals surface area contributed by atoms with Crippen LogP contribution in [0.25, 0.3) is 0 Å². The standard InChI is InChI=1S/C13H26N2O/c1-4-6-11(3)15-12(16)9-14-10-13(5-2)7-8-13/h11,14H,4-10H2,1-3H3,(H,15,16). The van der Waals surface area contributed by atoms with Crippen LogP contribution in [-0.2, 0) is 4.79 Å². The molecule has 0 aromatic rings. The minimum Gasteiger partial charge on any atom is -0.353 e. The SMILES string of the molecule is CCCC(C)NC(=O)CNCC1(CC)CC1. The summed E-state index contributed by atoms with van der Waals surface area (Å²) in [4.78, 5) is 11.5. The maximum absolute atomic E-state index is 11.5. The highest BCUT2D eigenvalue weighted by molar-refractivity contribution is 5.78. The Hall–Kier alpha value is -0.570. The molecule has 3 heteroatoms. The largest absolute Gasteiger partial charge is 0.353 e. The summed E-state index contributed by atoms with van der Waals surface area (Å²) in [6.45, 7) is 7.90. The highest BCUT2D eigenvalue weighted by Crippen LogP contribution is 2.47. The first kappa shape index (κ1) is 13.5. The molecule has 1 rings (SSSR count). The van der Waals surface area contributed by atoms with E-state index in [0.717, 1.165) is 19.4 Å². The molecule has 3 nitrogen and oxygen atoms in total. The maximum atomic E-state index is 11.5. The van der Waals surface area contributed by atoms with Crippen molar-refractivity contribution in [2.75, 3.05) is 13.1 Å². The fourth-order valence-electron chi connectivity index (χ4n) is 2.10. The lowest BCUT2D eigenvalue weighted by molar-refractivity contribution is -0.120. The lowest BCUT2D eigenvalue weighted by Crippen LogP contribution is -2.40. The quantitative estimate of drug-likeness (QED) is 0.665. The first-order valence-electron chi connectivity index (χ1n) is 6.62. The molecule has 1 aliphatic rings. The smallest absolute Gasteiger partial charge is 0.234 e. The molecule has 0 heterocycles. The van der Waals surface area contributed by atoms with Crippen LogP contribution in [0.5, 0.6) is 0 Å². The van der Waals surface area contributed by atoms with Crippen LogP contribution in [0.4, 0.5) is 0 Å². The lowest BCUT2D eigenvalue weighted by atomic mass is 10.0. The van der Waals surface area contributed by atoms with Gasteiger partial charge in [-0.1, -0.05) is 20.3 Å². The van der Waals surface area contributed by atoms with E-state index in [1.165, 1.54) is 19.3 Å². The van der Waals surface area contributed by atoms with Gasteiger partial charge in [0.1, 0.15) is 0 Å². The molecular weight excluding hydrogens is 200 g/mol. The monoisotopic (exact) mass is 226 g/mol. The first-order chi connectivity index (χ1) is 7.62. The Bertz CT molecular complexity index is 224. The second kappa shape index (κ2) is 6.24. The zero-order chi connectivity index (χ0) is 12.0. The normalized spacial score (nSPS) is 19.2. The van der Waals surface area contributed by atoms with Gasteiger partial charge in [0.05, 0.1) is 6.54 Å². The van der Waals surface area contributed by atoms with Gasteiger partial charge in [-0.05, 0) is 38.0 Å². The van der Waals surface area contributed by atoms with Crippen LogP contribution < -0.4 is 10.6 Å². The molecule has 1 unspecified atom stereocenters. The second-order valence-electron chi connectivity index (χ2n) is 5.21. The zero-order valence-corrected chi connectivity index (χ0v) is 10.9. The number of carbonyl (C=O) groups excluding carboxylic acids is 1. The van der Waals surface area contributed by atoms with E-state index in [1.54, 1.807) is 0 Å². The summed E-state index contributed by atoms with van der Waals surface area (Å²) in [7, 11) is 0. The summed E-state index contributed by atoms with van der Waals surface area (Å²) in [6, 6.07) is 0.306. The summed E-state index contributed by atoms with van der Waals surface area (Å²) in [5, 5.41) is 6.28. The Balaban J connectivity index is 2.06. The highest BCUT2D eigenvalue weighted by atomic mass is 16.1. The molecule has 0 radical (unpaired) electrons. The Kier molecular flexibility index (Phi) is 5.26. The van der Waals surface area contributed by atoms with Crippen molar-refractivity contribution < 1.29 is 4.79 Å². The van der Waals surface area contributed by atoms with Gasteiger partial charge in [0.15, 0.2) is 0 Å². The highest BCUT2D eigenvalue weighted by Gasteiger charge is 2.39. The summed E-state index contributed by atoms with van der Waals surface area (Å²) in [6.07, 6.45) is 6.06. The molecule has 0 aliphatic heterocycles. The van der Waals surface area contributed by atoms with Gasteiger partial charge in [-0.2, -0.15) is 0 Å². The number of nitrogens with one attached hydrogen (secondary N) is 2. The molecule has 0 saturated heterocycles. The third-order valence-electron chi connectivity index (χ3n) is 3.62. The molecule has 2 N–H and O–H groups in total. The van der Waals surface area contributed by atoms with Gasteiger partial charge in [-0.15, -0.1) is 0 Å². The molecule has 0 bridgehead atoms. The Morgan fingerprint density at radius 2 is 2.06 bits per heavy atom. The maximum Gasteiger partial charge on any atom is 0.234 e.